The Kier molecular flexibility index (Phi) is 4.30. The molecule has 1 aromatic rings. The van der Waals surface area contributed by atoms with E-state index in [-0.39, 0.29) is 17.3 Å². The minimum atomic E-state index is -0.0281. The molecule has 1 aliphatic rings. The first-order valence-corrected chi connectivity index (χ1v) is 6.67. The summed E-state index contributed by atoms with van der Waals surface area (Å²) in [6.07, 6.45) is 3.89. The summed E-state index contributed by atoms with van der Waals surface area (Å²) < 4.78 is 0. The maximum atomic E-state index is 11.9. The molecular formula is C13H15Cl2NO. The first-order valence-electron chi connectivity index (χ1n) is 5.85. The first-order chi connectivity index (χ1) is 8.15. The highest BCUT2D eigenvalue weighted by molar-refractivity contribution is 6.30. The van der Waals surface area contributed by atoms with Gasteiger partial charge in [0.05, 0.1) is 0 Å². The number of rotatable bonds is 2. The number of halogens is 2. The van der Waals surface area contributed by atoms with E-state index < -0.39 is 0 Å². The van der Waals surface area contributed by atoms with Crippen LogP contribution in [0.15, 0.2) is 24.3 Å². The predicted molar refractivity (Wildman–Crippen MR) is 70.8 cm³/mol. The molecular weight excluding hydrogens is 257 g/mol. The Labute approximate surface area is 111 Å². The molecule has 0 spiro atoms. The van der Waals surface area contributed by atoms with E-state index in [2.05, 4.69) is 5.32 Å². The molecule has 2 nitrogen and oxygen atoms in total. The summed E-state index contributed by atoms with van der Waals surface area (Å²) in [4.78, 5) is 11.9. The molecule has 1 saturated carbocycles. The van der Waals surface area contributed by atoms with E-state index in [1.54, 1.807) is 24.3 Å². The van der Waals surface area contributed by atoms with E-state index in [1.807, 2.05) is 0 Å². The van der Waals surface area contributed by atoms with Crippen molar-refractivity contribution in [3.63, 3.8) is 0 Å². The molecule has 0 bridgehead atoms. The standard InChI is InChI=1S/C13H15Cl2NO/c14-10-3-1-9(2-4-10)13(17)16-12-7-5-11(15)6-8-12/h1-4,11-12H,5-8H2,(H,16,17). The minimum Gasteiger partial charge on any atom is -0.349 e. The SMILES string of the molecule is O=C(NC1CCC(Cl)CC1)c1ccc(Cl)cc1. The van der Waals surface area contributed by atoms with Crippen LogP contribution in [0.3, 0.4) is 0 Å². The van der Waals surface area contributed by atoms with Gasteiger partial charge in [0.1, 0.15) is 0 Å². The number of benzene rings is 1. The van der Waals surface area contributed by atoms with Crippen molar-refractivity contribution < 1.29 is 4.79 Å². The van der Waals surface area contributed by atoms with Gasteiger partial charge in [-0.3, -0.25) is 4.79 Å². The second-order valence-electron chi connectivity index (χ2n) is 4.43. The summed E-state index contributed by atoms with van der Waals surface area (Å²) >= 11 is 11.8. The molecule has 0 heterocycles. The molecule has 0 unspecified atom stereocenters. The second kappa shape index (κ2) is 5.74. The van der Waals surface area contributed by atoms with Gasteiger partial charge in [0.15, 0.2) is 0 Å². The summed E-state index contributed by atoms with van der Waals surface area (Å²) in [6, 6.07) is 7.20. The Hall–Kier alpha value is -0.730. The average Bonchev–Trinajstić information content (AvgIpc) is 2.33. The van der Waals surface area contributed by atoms with Gasteiger partial charge in [-0.1, -0.05) is 11.6 Å². The third-order valence-electron chi connectivity index (χ3n) is 3.10. The highest BCUT2D eigenvalue weighted by Crippen LogP contribution is 2.23. The van der Waals surface area contributed by atoms with Crippen molar-refractivity contribution in [2.45, 2.75) is 37.1 Å². The lowest BCUT2D eigenvalue weighted by Crippen LogP contribution is -2.37. The topological polar surface area (TPSA) is 29.1 Å². The van der Waals surface area contributed by atoms with Crippen molar-refractivity contribution in [2.24, 2.45) is 0 Å². The summed E-state index contributed by atoms with van der Waals surface area (Å²) in [7, 11) is 0. The van der Waals surface area contributed by atoms with Crippen LogP contribution in [-0.4, -0.2) is 17.3 Å². The van der Waals surface area contributed by atoms with Crippen molar-refractivity contribution in [1.29, 1.82) is 0 Å². The van der Waals surface area contributed by atoms with Crippen LogP contribution < -0.4 is 5.32 Å². The Balaban J connectivity index is 1.91. The number of amides is 1. The van der Waals surface area contributed by atoms with Gasteiger partial charge in [-0.2, -0.15) is 0 Å². The van der Waals surface area contributed by atoms with E-state index in [1.165, 1.54) is 0 Å². The Morgan fingerprint density at radius 1 is 1.12 bits per heavy atom. The van der Waals surface area contributed by atoms with Gasteiger partial charge < -0.3 is 5.32 Å². The number of nitrogens with one attached hydrogen (secondary N) is 1. The number of carbonyl (C=O) groups is 1. The van der Waals surface area contributed by atoms with Gasteiger partial charge in [0, 0.05) is 22.0 Å². The molecule has 1 aromatic carbocycles. The maximum Gasteiger partial charge on any atom is 0.251 e. The molecule has 1 aliphatic carbocycles. The van der Waals surface area contributed by atoms with Crippen molar-refractivity contribution in [3.8, 4) is 0 Å². The molecule has 1 amide bonds. The third-order valence-corrected chi connectivity index (χ3v) is 3.79. The van der Waals surface area contributed by atoms with Crippen molar-refractivity contribution >= 4 is 29.1 Å². The monoisotopic (exact) mass is 271 g/mol. The zero-order valence-corrected chi connectivity index (χ0v) is 11.0. The van der Waals surface area contributed by atoms with E-state index in [4.69, 9.17) is 23.2 Å². The van der Waals surface area contributed by atoms with Gasteiger partial charge in [-0.25, -0.2) is 0 Å². The van der Waals surface area contributed by atoms with Gasteiger partial charge in [0.25, 0.3) is 5.91 Å². The molecule has 2 rings (SSSR count). The molecule has 0 aliphatic heterocycles. The van der Waals surface area contributed by atoms with E-state index >= 15 is 0 Å². The summed E-state index contributed by atoms with van der Waals surface area (Å²) in [5, 5.41) is 3.95. The molecule has 1 fully saturated rings. The van der Waals surface area contributed by atoms with Crippen LogP contribution in [0.1, 0.15) is 36.0 Å². The predicted octanol–water partition coefficient (Wildman–Crippen LogP) is 3.62. The van der Waals surface area contributed by atoms with Crippen molar-refractivity contribution in [1.82, 2.24) is 5.32 Å². The first kappa shape index (κ1) is 12.7. The van der Waals surface area contributed by atoms with Gasteiger partial charge in [-0.05, 0) is 49.9 Å². The van der Waals surface area contributed by atoms with Gasteiger partial charge in [0.2, 0.25) is 0 Å². The van der Waals surface area contributed by atoms with E-state index in [9.17, 15) is 4.79 Å². The normalized spacial score (nSPS) is 24.4. The lowest BCUT2D eigenvalue weighted by atomic mass is 9.95. The molecule has 17 heavy (non-hydrogen) atoms. The molecule has 4 heteroatoms. The van der Waals surface area contributed by atoms with Crippen LogP contribution >= 0.6 is 23.2 Å². The Morgan fingerprint density at radius 2 is 1.71 bits per heavy atom. The quantitative estimate of drug-likeness (QED) is 0.818. The van der Waals surface area contributed by atoms with Crippen LogP contribution in [0.4, 0.5) is 0 Å². The molecule has 0 atom stereocenters. The zero-order chi connectivity index (χ0) is 12.3. The van der Waals surface area contributed by atoms with Crippen LogP contribution in [0, 0.1) is 0 Å². The van der Waals surface area contributed by atoms with Gasteiger partial charge >= 0.3 is 0 Å². The average molecular weight is 272 g/mol. The highest BCUT2D eigenvalue weighted by atomic mass is 35.5. The van der Waals surface area contributed by atoms with Crippen LogP contribution in [0.2, 0.25) is 5.02 Å². The number of hydrogen-bond donors (Lipinski definition) is 1. The number of hydrogen-bond acceptors (Lipinski definition) is 1. The molecule has 0 radical (unpaired) electrons. The number of alkyl halides is 1. The smallest absolute Gasteiger partial charge is 0.251 e. The maximum absolute atomic E-state index is 11.9. The Morgan fingerprint density at radius 3 is 2.29 bits per heavy atom. The van der Waals surface area contributed by atoms with Crippen molar-refractivity contribution in [3.05, 3.63) is 34.9 Å². The summed E-state index contributed by atoms with van der Waals surface area (Å²) in [5.41, 5.74) is 0.655. The lowest BCUT2D eigenvalue weighted by Gasteiger charge is -2.25. The third kappa shape index (κ3) is 3.62. The summed E-state index contributed by atoms with van der Waals surface area (Å²) in [6.45, 7) is 0. The zero-order valence-electron chi connectivity index (χ0n) is 9.46. The molecule has 0 saturated heterocycles. The van der Waals surface area contributed by atoms with Crippen LogP contribution in [-0.2, 0) is 0 Å². The lowest BCUT2D eigenvalue weighted by molar-refractivity contribution is 0.0928. The van der Waals surface area contributed by atoms with Crippen molar-refractivity contribution in [2.75, 3.05) is 0 Å². The number of carbonyl (C=O) groups excluding carboxylic acids is 1. The fourth-order valence-electron chi connectivity index (χ4n) is 2.07. The largest absolute Gasteiger partial charge is 0.349 e. The Bertz CT molecular complexity index is 383. The second-order valence-corrected chi connectivity index (χ2v) is 5.48. The van der Waals surface area contributed by atoms with Gasteiger partial charge in [-0.15, -0.1) is 11.6 Å². The van der Waals surface area contributed by atoms with E-state index in [0.717, 1.165) is 25.7 Å². The highest BCUT2D eigenvalue weighted by Gasteiger charge is 2.21. The van der Waals surface area contributed by atoms with E-state index in [0.29, 0.717) is 10.6 Å². The van der Waals surface area contributed by atoms with Crippen LogP contribution in [0.5, 0.6) is 0 Å². The summed E-state index contributed by atoms with van der Waals surface area (Å²) in [5.74, 6) is -0.0281. The fourth-order valence-corrected chi connectivity index (χ4v) is 2.45. The minimum absolute atomic E-state index is 0.0281. The molecule has 1 N–H and O–H groups in total. The molecule has 92 valence electrons. The molecule has 0 aromatic heterocycles. The van der Waals surface area contributed by atoms with Crippen LogP contribution in [0.25, 0.3) is 0 Å². The fraction of sp³-hybridized carbons (Fsp3) is 0.462.